The largest absolute Gasteiger partial charge is 0.310 e. The summed E-state index contributed by atoms with van der Waals surface area (Å²) in [6, 6.07) is 50.7. The third kappa shape index (κ3) is 4.33. The normalized spacial score (nSPS) is 11.5. The van der Waals surface area contributed by atoms with Crippen molar-refractivity contribution in [1.29, 1.82) is 0 Å². The molecule has 1 aromatic heterocycles. The number of benzene rings is 7. The van der Waals surface area contributed by atoms with Crippen molar-refractivity contribution in [2.75, 3.05) is 4.90 Å². The first kappa shape index (κ1) is 26.0. The van der Waals surface area contributed by atoms with Gasteiger partial charge in [0.15, 0.2) is 5.43 Å². The van der Waals surface area contributed by atoms with Crippen molar-refractivity contribution in [2.24, 2.45) is 0 Å². The van der Waals surface area contributed by atoms with E-state index in [0.29, 0.717) is 10.8 Å². The second kappa shape index (κ2) is 10.3. The topological polar surface area (TPSA) is 25.2 Å². The third-order valence-corrected chi connectivity index (χ3v) is 8.60. The zero-order valence-electron chi connectivity index (χ0n) is 24.7. The fraction of sp³-hybridized carbons (Fsp3) is 0.0488. The molecular formula is C41H30N2O. The number of pyridine rings is 1. The van der Waals surface area contributed by atoms with Crippen molar-refractivity contribution in [3.8, 4) is 5.69 Å². The smallest absolute Gasteiger partial charge is 0.197 e. The first-order valence-electron chi connectivity index (χ1n) is 15.0. The summed E-state index contributed by atoms with van der Waals surface area (Å²) in [5.41, 5.74) is 8.32. The molecule has 0 unspecified atom stereocenters. The molecule has 0 spiro atoms. The molecule has 0 amide bonds. The Kier molecular flexibility index (Phi) is 6.06. The van der Waals surface area contributed by atoms with E-state index in [4.69, 9.17) is 0 Å². The van der Waals surface area contributed by atoms with Crippen LogP contribution in [0.2, 0.25) is 0 Å². The monoisotopic (exact) mass is 566 g/mol. The standard InChI is InChI=1S/C41H30N2O/c1-27-12-14-31-24-34(18-16-29(31)22-27)42(35-19-17-30-23-28(2)13-15-32(30)25-35)36-20-21-40-38(26-36)41(44)37-10-6-7-11-39(37)43(40)33-8-4-3-5-9-33/h3-26H,1-2H3. The van der Waals surface area contributed by atoms with E-state index < -0.39 is 0 Å². The Morgan fingerprint density at radius 2 is 0.955 bits per heavy atom. The first-order valence-corrected chi connectivity index (χ1v) is 15.0. The number of aromatic nitrogens is 1. The lowest BCUT2D eigenvalue weighted by molar-refractivity contribution is 1.16. The predicted octanol–water partition coefficient (Wildman–Crippen LogP) is 10.5. The average molecular weight is 567 g/mol. The van der Waals surface area contributed by atoms with E-state index in [2.05, 4.69) is 126 Å². The van der Waals surface area contributed by atoms with E-state index in [9.17, 15) is 4.79 Å². The molecule has 0 atom stereocenters. The predicted molar refractivity (Wildman–Crippen MR) is 186 cm³/mol. The molecule has 0 aliphatic rings. The van der Waals surface area contributed by atoms with E-state index >= 15 is 0 Å². The van der Waals surface area contributed by atoms with Gasteiger partial charge in [-0.15, -0.1) is 0 Å². The molecule has 0 aliphatic heterocycles. The van der Waals surface area contributed by atoms with Crippen LogP contribution in [0, 0.1) is 13.8 Å². The first-order chi connectivity index (χ1) is 21.5. The van der Waals surface area contributed by atoms with Crippen LogP contribution in [0.1, 0.15) is 11.1 Å². The molecular weight excluding hydrogens is 536 g/mol. The van der Waals surface area contributed by atoms with Gasteiger partial charge in [-0.1, -0.05) is 90.0 Å². The molecule has 7 aromatic carbocycles. The highest BCUT2D eigenvalue weighted by Gasteiger charge is 2.18. The van der Waals surface area contributed by atoms with Crippen molar-refractivity contribution >= 4 is 60.4 Å². The molecule has 1 heterocycles. The number of hydrogen-bond acceptors (Lipinski definition) is 2. The maximum absolute atomic E-state index is 14.1. The lowest BCUT2D eigenvalue weighted by Crippen LogP contribution is -2.13. The van der Waals surface area contributed by atoms with Gasteiger partial charge in [-0.2, -0.15) is 0 Å². The summed E-state index contributed by atoms with van der Waals surface area (Å²) in [5, 5.41) is 6.15. The number of anilines is 3. The van der Waals surface area contributed by atoms with E-state index in [1.54, 1.807) is 0 Å². The lowest BCUT2D eigenvalue weighted by Gasteiger charge is -2.27. The molecule has 0 saturated heterocycles. The fourth-order valence-electron chi connectivity index (χ4n) is 6.46. The summed E-state index contributed by atoms with van der Waals surface area (Å²) in [6.07, 6.45) is 0. The zero-order chi connectivity index (χ0) is 29.8. The lowest BCUT2D eigenvalue weighted by atomic mass is 10.0. The minimum absolute atomic E-state index is 0.0348. The van der Waals surface area contributed by atoms with Gasteiger partial charge in [-0.3, -0.25) is 4.79 Å². The molecule has 0 aliphatic carbocycles. The minimum atomic E-state index is 0.0348. The van der Waals surface area contributed by atoms with Crippen molar-refractivity contribution in [1.82, 2.24) is 4.57 Å². The maximum Gasteiger partial charge on any atom is 0.197 e. The van der Waals surface area contributed by atoms with Crippen LogP contribution in [0.25, 0.3) is 49.0 Å². The third-order valence-electron chi connectivity index (χ3n) is 8.60. The van der Waals surface area contributed by atoms with Crippen LogP contribution in [-0.2, 0) is 0 Å². The molecule has 0 fully saturated rings. The zero-order valence-corrected chi connectivity index (χ0v) is 24.7. The van der Waals surface area contributed by atoms with Crippen LogP contribution in [0.3, 0.4) is 0 Å². The van der Waals surface area contributed by atoms with Crippen molar-refractivity contribution < 1.29 is 0 Å². The summed E-state index contributed by atoms with van der Waals surface area (Å²) in [5.74, 6) is 0. The van der Waals surface area contributed by atoms with E-state index in [1.165, 1.54) is 32.7 Å². The van der Waals surface area contributed by atoms with Crippen LogP contribution in [0.15, 0.2) is 150 Å². The van der Waals surface area contributed by atoms with Gasteiger partial charge in [-0.25, -0.2) is 0 Å². The molecule has 210 valence electrons. The van der Waals surface area contributed by atoms with E-state index in [-0.39, 0.29) is 5.43 Å². The molecule has 8 rings (SSSR count). The quantitative estimate of drug-likeness (QED) is 0.198. The highest BCUT2D eigenvalue weighted by atomic mass is 16.1. The Labute approximate surface area is 255 Å². The SMILES string of the molecule is Cc1ccc2cc(N(c3ccc4cc(C)ccc4c3)c3ccc4c(c3)c(=O)c3ccccc3n4-c3ccccc3)ccc2c1. The van der Waals surface area contributed by atoms with E-state index in [1.807, 2.05) is 42.5 Å². The van der Waals surface area contributed by atoms with Gasteiger partial charge in [0.25, 0.3) is 0 Å². The Morgan fingerprint density at radius 3 is 1.61 bits per heavy atom. The van der Waals surface area contributed by atoms with Crippen LogP contribution in [-0.4, -0.2) is 4.57 Å². The number of rotatable bonds is 4. The highest BCUT2D eigenvalue weighted by Crippen LogP contribution is 2.39. The second-order valence-electron chi connectivity index (χ2n) is 11.6. The molecule has 8 aromatic rings. The molecule has 0 N–H and O–H groups in total. The van der Waals surface area contributed by atoms with Crippen LogP contribution < -0.4 is 10.3 Å². The number of aryl methyl sites for hydroxylation is 2. The second-order valence-corrected chi connectivity index (χ2v) is 11.6. The maximum atomic E-state index is 14.1. The van der Waals surface area contributed by atoms with Crippen molar-refractivity contribution in [3.63, 3.8) is 0 Å². The summed E-state index contributed by atoms with van der Waals surface area (Å²) in [6.45, 7) is 4.24. The highest BCUT2D eigenvalue weighted by molar-refractivity contribution is 5.99. The van der Waals surface area contributed by atoms with Crippen molar-refractivity contribution in [3.05, 3.63) is 167 Å². The summed E-state index contributed by atoms with van der Waals surface area (Å²) < 4.78 is 2.19. The van der Waals surface area contributed by atoms with Gasteiger partial charge in [0.1, 0.15) is 0 Å². The van der Waals surface area contributed by atoms with Gasteiger partial charge in [0, 0.05) is 33.5 Å². The van der Waals surface area contributed by atoms with Gasteiger partial charge in [0.05, 0.1) is 11.0 Å². The minimum Gasteiger partial charge on any atom is -0.310 e. The molecule has 3 nitrogen and oxygen atoms in total. The Bertz CT molecular complexity index is 2350. The van der Waals surface area contributed by atoms with E-state index in [0.717, 1.165) is 33.8 Å². The number of para-hydroxylation sites is 2. The Morgan fingerprint density at radius 1 is 0.455 bits per heavy atom. The Balaban J connectivity index is 1.40. The Hall–Kier alpha value is -5.67. The number of nitrogens with zero attached hydrogens (tertiary/aromatic N) is 2. The summed E-state index contributed by atoms with van der Waals surface area (Å²) in [4.78, 5) is 16.4. The number of hydrogen-bond donors (Lipinski definition) is 0. The molecule has 0 saturated carbocycles. The van der Waals surface area contributed by atoms with Crippen LogP contribution >= 0.6 is 0 Å². The summed E-state index contributed by atoms with van der Waals surface area (Å²) in [7, 11) is 0. The van der Waals surface area contributed by atoms with Gasteiger partial charge in [0.2, 0.25) is 0 Å². The molecule has 44 heavy (non-hydrogen) atoms. The summed E-state index contributed by atoms with van der Waals surface area (Å²) >= 11 is 0. The molecule has 3 heteroatoms. The van der Waals surface area contributed by atoms with Gasteiger partial charge >= 0.3 is 0 Å². The van der Waals surface area contributed by atoms with Gasteiger partial charge < -0.3 is 9.47 Å². The molecule has 0 radical (unpaired) electrons. The number of fused-ring (bicyclic) bond motifs is 4. The molecule has 0 bridgehead atoms. The average Bonchev–Trinajstić information content (AvgIpc) is 3.06. The van der Waals surface area contributed by atoms with Crippen LogP contribution in [0.4, 0.5) is 17.1 Å². The van der Waals surface area contributed by atoms with Crippen molar-refractivity contribution in [2.45, 2.75) is 13.8 Å². The fourth-order valence-corrected chi connectivity index (χ4v) is 6.46. The van der Waals surface area contributed by atoms with Gasteiger partial charge in [-0.05, 0) is 102 Å². The van der Waals surface area contributed by atoms with Crippen LogP contribution in [0.5, 0.6) is 0 Å².